The fourth-order valence-electron chi connectivity index (χ4n) is 3.56. The van der Waals surface area contributed by atoms with Crippen LogP contribution in [-0.4, -0.2) is 23.8 Å². The molecule has 0 saturated heterocycles. The predicted molar refractivity (Wildman–Crippen MR) is 87.3 cm³/mol. The molecule has 3 rings (SSSR count). The van der Waals surface area contributed by atoms with Crippen LogP contribution in [0.5, 0.6) is 0 Å². The van der Waals surface area contributed by atoms with Gasteiger partial charge in [0.05, 0.1) is 0 Å². The van der Waals surface area contributed by atoms with E-state index in [1.807, 2.05) is 30.3 Å². The quantitative estimate of drug-likeness (QED) is 0.630. The number of ketones is 2. The highest BCUT2D eigenvalue weighted by molar-refractivity contribution is 6.16. The van der Waals surface area contributed by atoms with Gasteiger partial charge in [0.25, 0.3) is 0 Å². The maximum Gasteiger partial charge on any atom is 0.149 e. The number of nitrogens with zero attached hydrogens (tertiary/aromatic N) is 1. The summed E-state index contributed by atoms with van der Waals surface area (Å²) in [7, 11) is 0. The molecule has 1 aromatic rings. The molecule has 3 heteroatoms. The summed E-state index contributed by atoms with van der Waals surface area (Å²) in [5.41, 5.74) is 1.09. The van der Waals surface area contributed by atoms with Gasteiger partial charge in [0.15, 0.2) is 0 Å². The Hall–Kier alpha value is -1.77. The molecule has 0 spiro atoms. The lowest BCUT2D eigenvalue weighted by Gasteiger charge is -2.25. The van der Waals surface area contributed by atoms with E-state index in [1.54, 1.807) is 6.21 Å². The lowest BCUT2D eigenvalue weighted by atomic mass is 9.77. The molecular formula is C19H23NO2. The van der Waals surface area contributed by atoms with Crippen LogP contribution in [0.15, 0.2) is 35.3 Å². The standard InChI is InChI=1S/C19H23NO2/c21-18-11-15(14-7-3-1-4-8-14)12-19(22)17(18)13-20-16-9-5-2-6-10-16/h1,3-4,7-8,13,15-17H,2,5-6,9-12H2. The van der Waals surface area contributed by atoms with Crippen LogP contribution in [-0.2, 0) is 9.59 Å². The molecule has 0 N–H and O–H groups in total. The van der Waals surface area contributed by atoms with Crippen LogP contribution in [0, 0.1) is 5.92 Å². The Labute approximate surface area is 131 Å². The van der Waals surface area contributed by atoms with E-state index in [9.17, 15) is 9.59 Å². The molecule has 0 bridgehead atoms. The molecule has 2 aliphatic rings. The molecule has 116 valence electrons. The number of aliphatic imine (C=N–C) groups is 1. The van der Waals surface area contributed by atoms with Gasteiger partial charge in [-0.1, -0.05) is 49.6 Å². The fraction of sp³-hybridized carbons (Fsp3) is 0.526. The van der Waals surface area contributed by atoms with E-state index in [-0.39, 0.29) is 17.5 Å². The summed E-state index contributed by atoms with van der Waals surface area (Å²) < 4.78 is 0. The van der Waals surface area contributed by atoms with Gasteiger partial charge in [-0.25, -0.2) is 0 Å². The van der Waals surface area contributed by atoms with E-state index in [4.69, 9.17) is 0 Å². The first-order chi connectivity index (χ1) is 10.7. The van der Waals surface area contributed by atoms with Crippen LogP contribution >= 0.6 is 0 Å². The molecule has 0 unspecified atom stereocenters. The van der Waals surface area contributed by atoms with E-state index in [1.165, 1.54) is 19.3 Å². The minimum absolute atomic E-state index is 0.0321. The third-order valence-electron chi connectivity index (χ3n) is 4.88. The van der Waals surface area contributed by atoms with E-state index >= 15 is 0 Å². The third-order valence-corrected chi connectivity index (χ3v) is 4.88. The Bertz CT molecular complexity index is 540. The number of hydrogen-bond acceptors (Lipinski definition) is 3. The second-order valence-electron chi connectivity index (χ2n) is 6.52. The molecule has 3 nitrogen and oxygen atoms in total. The zero-order valence-electron chi connectivity index (χ0n) is 12.9. The number of benzene rings is 1. The Morgan fingerprint density at radius 3 is 2.18 bits per heavy atom. The molecule has 22 heavy (non-hydrogen) atoms. The first-order valence-electron chi connectivity index (χ1n) is 8.37. The number of hydrogen-bond donors (Lipinski definition) is 0. The van der Waals surface area contributed by atoms with Crippen molar-refractivity contribution in [2.75, 3.05) is 0 Å². The van der Waals surface area contributed by atoms with Crippen LogP contribution in [0.1, 0.15) is 56.4 Å². The monoisotopic (exact) mass is 297 g/mol. The van der Waals surface area contributed by atoms with Crippen LogP contribution in [0.4, 0.5) is 0 Å². The minimum Gasteiger partial charge on any atom is -0.298 e. The number of carbonyl (C=O) groups excluding carboxylic acids is 2. The van der Waals surface area contributed by atoms with Crippen LogP contribution in [0.3, 0.4) is 0 Å². The molecule has 2 aliphatic carbocycles. The van der Waals surface area contributed by atoms with Crippen LogP contribution < -0.4 is 0 Å². The molecular weight excluding hydrogens is 274 g/mol. The summed E-state index contributed by atoms with van der Waals surface area (Å²) in [6, 6.07) is 10.2. The average Bonchev–Trinajstić information content (AvgIpc) is 2.56. The summed E-state index contributed by atoms with van der Waals surface area (Å²) in [5.74, 6) is -0.489. The molecule has 2 fully saturated rings. The summed E-state index contributed by atoms with van der Waals surface area (Å²) in [6.07, 6.45) is 8.47. The highest BCUT2D eigenvalue weighted by Crippen LogP contribution is 2.31. The SMILES string of the molecule is O=C1CC(c2ccccc2)CC(=O)C1C=NC1CCCCC1. The summed E-state index contributed by atoms with van der Waals surface area (Å²) >= 11 is 0. The normalized spacial score (nSPS) is 27.5. The van der Waals surface area contributed by atoms with Gasteiger partial charge in [0.1, 0.15) is 17.5 Å². The topological polar surface area (TPSA) is 46.5 Å². The zero-order chi connectivity index (χ0) is 15.4. The molecule has 0 radical (unpaired) electrons. The van der Waals surface area contributed by atoms with Crippen molar-refractivity contribution in [3.63, 3.8) is 0 Å². The van der Waals surface area contributed by atoms with Crippen molar-refractivity contribution >= 4 is 17.8 Å². The van der Waals surface area contributed by atoms with Crippen molar-refractivity contribution in [2.24, 2.45) is 10.9 Å². The van der Waals surface area contributed by atoms with Crippen molar-refractivity contribution in [3.05, 3.63) is 35.9 Å². The second kappa shape index (κ2) is 6.99. The van der Waals surface area contributed by atoms with E-state index in [0.29, 0.717) is 18.9 Å². The lowest BCUT2D eigenvalue weighted by molar-refractivity contribution is -0.133. The van der Waals surface area contributed by atoms with E-state index < -0.39 is 5.92 Å². The zero-order valence-corrected chi connectivity index (χ0v) is 12.9. The van der Waals surface area contributed by atoms with Crippen molar-refractivity contribution in [2.45, 2.75) is 56.9 Å². The van der Waals surface area contributed by atoms with Gasteiger partial charge in [-0.3, -0.25) is 14.6 Å². The average molecular weight is 297 g/mol. The first kappa shape index (κ1) is 15.1. The van der Waals surface area contributed by atoms with E-state index in [2.05, 4.69) is 4.99 Å². The Kier molecular flexibility index (Phi) is 4.81. The Balaban J connectivity index is 1.64. The van der Waals surface area contributed by atoms with Crippen molar-refractivity contribution in [1.82, 2.24) is 0 Å². The second-order valence-corrected chi connectivity index (χ2v) is 6.52. The Morgan fingerprint density at radius 1 is 0.909 bits per heavy atom. The number of Topliss-reactive ketones (excluding diaryl/α,β-unsaturated/α-hetero) is 2. The Morgan fingerprint density at radius 2 is 1.55 bits per heavy atom. The van der Waals surface area contributed by atoms with E-state index in [0.717, 1.165) is 18.4 Å². The van der Waals surface area contributed by atoms with Gasteiger partial charge in [0.2, 0.25) is 0 Å². The predicted octanol–water partition coefficient (Wildman–Crippen LogP) is 3.72. The summed E-state index contributed by atoms with van der Waals surface area (Å²) in [6.45, 7) is 0. The molecule has 0 amide bonds. The number of rotatable bonds is 3. The van der Waals surface area contributed by atoms with Gasteiger partial charge in [0, 0.05) is 25.1 Å². The molecule has 1 aromatic carbocycles. The molecule has 0 heterocycles. The molecule has 0 atom stereocenters. The van der Waals surface area contributed by atoms with Crippen LogP contribution in [0.2, 0.25) is 0 Å². The van der Waals surface area contributed by atoms with Gasteiger partial charge in [-0.05, 0) is 24.3 Å². The number of carbonyl (C=O) groups is 2. The smallest absolute Gasteiger partial charge is 0.149 e. The van der Waals surface area contributed by atoms with Crippen molar-refractivity contribution in [3.8, 4) is 0 Å². The highest BCUT2D eigenvalue weighted by atomic mass is 16.2. The largest absolute Gasteiger partial charge is 0.298 e. The lowest BCUT2D eigenvalue weighted by Crippen LogP contribution is -2.34. The van der Waals surface area contributed by atoms with Gasteiger partial charge < -0.3 is 0 Å². The van der Waals surface area contributed by atoms with Gasteiger partial charge >= 0.3 is 0 Å². The van der Waals surface area contributed by atoms with Crippen LogP contribution in [0.25, 0.3) is 0 Å². The molecule has 2 saturated carbocycles. The first-order valence-corrected chi connectivity index (χ1v) is 8.37. The minimum atomic E-state index is -0.595. The van der Waals surface area contributed by atoms with Gasteiger partial charge in [-0.15, -0.1) is 0 Å². The maximum absolute atomic E-state index is 12.3. The third kappa shape index (κ3) is 3.52. The van der Waals surface area contributed by atoms with Crippen molar-refractivity contribution < 1.29 is 9.59 Å². The summed E-state index contributed by atoms with van der Waals surface area (Å²) in [5, 5.41) is 0. The summed E-state index contributed by atoms with van der Waals surface area (Å²) in [4.78, 5) is 29.2. The maximum atomic E-state index is 12.3. The highest BCUT2D eigenvalue weighted by Gasteiger charge is 2.35. The fourth-order valence-corrected chi connectivity index (χ4v) is 3.56. The van der Waals surface area contributed by atoms with Crippen molar-refractivity contribution in [1.29, 1.82) is 0 Å². The molecule has 0 aromatic heterocycles. The van der Waals surface area contributed by atoms with Gasteiger partial charge in [-0.2, -0.15) is 0 Å². The molecule has 0 aliphatic heterocycles.